The number of Topliss-reactive ketones (excluding diaryl/α,β-unsaturated/α-hetero) is 2. The fourth-order valence-corrected chi connectivity index (χ4v) is 7.81. The van der Waals surface area contributed by atoms with E-state index in [1.807, 2.05) is 0 Å². The van der Waals surface area contributed by atoms with Crippen molar-refractivity contribution in [3.8, 4) is 0 Å². The van der Waals surface area contributed by atoms with Crippen LogP contribution in [0, 0.1) is 29.6 Å². The Labute approximate surface area is 164 Å². The second-order valence-electron chi connectivity index (χ2n) is 10.5. The van der Waals surface area contributed by atoms with Crippen molar-refractivity contribution in [2.45, 2.75) is 88.9 Å². The SMILES string of the molecule is CC1CCC2C(C1)C(=O)C1CC3C(CC1N2C)C(=O)C1CCCCC1N3C. The molecule has 0 amide bonds. The predicted octanol–water partition coefficient (Wildman–Crippen LogP) is 3.14. The first kappa shape index (κ1) is 18.3. The molecule has 27 heavy (non-hydrogen) atoms. The summed E-state index contributed by atoms with van der Waals surface area (Å²) in [5, 5.41) is 0. The molecule has 0 N–H and O–H groups in total. The molecular formula is C23H36N2O2. The minimum absolute atomic E-state index is 0.151. The van der Waals surface area contributed by atoms with Gasteiger partial charge in [0.05, 0.1) is 0 Å². The van der Waals surface area contributed by atoms with Crippen molar-refractivity contribution in [1.82, 2.24) is 9.80 Å². The molecule has 150 valence electrons. The highest BCUT2D eigenvalue weighted by Gasteiger charge is 2.57. The number of carbonyl (C=O) groups is 2. The summed E-state index contributed by atoms with van der Waals surface area (Å²) in [4.78, 5) is 32.0. The van der Waals surface area contributed by atoms with E-state index in [0.717, 1.165) is 32.1 Å². The molecule has 4 heteroatoms. The Morgan fingerprint density at radius 1 is 0.630 bits per heavy atom. The Hall–Kier alpha value is -0.740. The molecule has 3 aliphatic carbocycles. The fourth-order valence-electron chi connectivity index (χ4n) is 7.81. The summed E-state index contributed by atoms with van der Waals surface area (Å²) in [5.41, 5.74) is 0. The highest BCUT2D eigenvalue weighted by Crippen LogP contribution is 2.49. The van der Waals surface area contributed by atoms with Gasteiger partial charge < -0.3 is 0 Å². The van der Waals surface area contributed by atoms with Crippen LogP contribution in [0.4, 0.5) is 0 Å². The summed E-state index contributed by atoms with van der Waals surface area (Å²) in [6.45, 7) is 2.31. The van der Waals surface area contributed by atoms with Gasteiger partial charge in [0.2, 0.25) is 0 Å². The van der Waals surface area contributed by atoms with Crippen LogP contribution in [-0.2, 0) is 9.59 Å². The standard InChI is InChI=1S/C23H36N2O2/c1-13-8-9-19-15(10-13)23(27)17-12-20-16(11-21(17)25(19)3)22(26)14-6-4-5-7-18(14)24(20)2/h13-21H,4-12H2,1-3H3. The highest BCUT2D eigenvalue weighted by atomic mass is 16.1. The molecule has 5 rings (SSSR count). The predicted molar refractivity (Wildman–Crippen MR) is 105 cm³/mol. The Bertz CT molecular complexity index is 634. The van der Waals surface area contributed by atoms with Crippen molar-refractivity contribution >= 4 is 11.6 Å². The van der Waals surface area contributed by atoms with Crippen LogP contribution < -0.4 is 0 Å². The van der Waals surface area contributed by atoms with Gasteiger partial charge in [0.1, 0.15) is 11.6 Å². The van der Waals surface area contributed by atoms with Crippen molar-refractivity contribution in [3.05, 3.63) is 0 Å². The Kier molecular flexibility index (Phi) is 4.51. The number of hydrogen-bond acceptors (Lipinski definition) is 4. The van der Waals surface area contributed by atoms with Crippen LogP contribution in [0.25, 0.3) is 0 Å². The fraction of sp³-hybridized carbons (Fsp3) is 0.913. The zero-order chi connectivity index (χ0) is 18.9. The van der Waals surface area contributed by atoms with Crippen LogP contribution in [-0.4, -0.2) is 59.6 Å². The topological polar surface area (TPSA) is 40.6 Å². The van der Waals surface area contributed by atoms with E-state index >= 15 is 0 Å². The average molecular weight is 373 g/mol. The van der Waals surface area contributed by atoms with Crippen LogP contribution in [0.1, 0.15) is 64.7 Å². The van der Waals surface area contributed by atoms with E-state index in [9.17, 15) is 9.59 Å². The third-order valence-corrected chi connectivity index (χ3v) is 9.28. The number of fused-ring (bicyclic) bond motifs is 4. The number of hydrogen-bond donors (Lipinski definition) is 0. The molecule has 9 unspecified atom stereocenters. The summed E-state index contributed by atoms with van der Waals surface area (Å²) < 4.78 is 0. The van der Waals surface area contributed by atoms with Gasteiger partial charge >= 0.3 is 0 Å². The van der Waals surface area contributed by atoms with Gasteiger partial charge in [-0.3, -0.25) is 19.4 Å². The van der Waals surface area contributed by atoms with Crippen LogP contribution >= 0.6 is 0 Å². The lowest BCUT2D eigenvalue weighted by atomic mass is 9.59. The van der Waals surface area contributed by atoms with Crippen LogP contribution in [0.5, 0.6) is 0 Å². The molecule has 2 aliphatic heterocycles. The van der Waals surface area contributed by atoms with Gasteiger partial charge in [0, 0.05) is 47.8 Å². The van der Waals surface area contributed by atoms with Crippen LogP contribution in [0.15, 0.2) is 0 Å². The lowest BCUT2D eigenvalue weighted by Gasteiger charge is -2.58. The van der Waals surface area contributed by atoms with Crippen molar-refractivity contribution in [2.24, 2.45) is 29.6 Å². The molecule has 4 nitrogen and oxygen atoms in total. The lowest BCUT2D eigenvalue weighted by Crippen LogP contribution is -2.67. The molecule has 0 spiro atoms. The van der Waals surface area contributed by atoms with E-state index in [0.29, 0.717) is 41.7 Å². The molecule has 0 bridgehead atoms. The third kappa shape index (κ3) is 2.69. The van der Waals surface area contributed by atoms with Crippen molar-refractivity contribution < 1.29 is 9.59 Å². The molecule has 2 heterocycles. The molecule has 0 aromatic heterocycles. The molecule has 0 radical (unpaired) electrons. The first-order valence-corrected chi connectivity index (χ1v) is 11.5. The van der Waals surface area contributed by atoms with Crippen molar-refractivity contribution in [2.75, 3.05) is 14.1 Å². The minimum atomic E-state index is 0.151. The van der Waals surface area contributed by atoms with E-state index < -0.39 is 0 Å². The van der Waals surface area contributed by atoms with Gasteiger partial charge in [-0.05, 0) is 65.0 Å². The molecule has 0 aromatic carbocycles. The molecule has 9 atom stereocenters. The first-order chi connectivity index (χ1) is 13.0. The Morgan fingerprint density at radius 3 is 1.81 bits per heavy atom. The summed E-state index contributed by atoms with van der Waals surface area (Å²) in [6, 6.07) is 1.45. The second kappa shape index (κ2) is 6.66. The zero-order valence-electron chi connectivity index (χ0n) is 17.3. The Morgan fingerprint density at radius 2 is 1.15 bits per heavy atom. The smallest absolute Gasteiger partial charge is 0.142 e. The number of carbonyl (C=O) groups excluding carboxylic acids is 2. The van der Waals surface area contributed by atoms with E-state index in [1.165, 1.54) is 25.7 Å². The quantitative estimate of drug-likeness (QED) is 0.655. The normalized spacial score (nSPS) is 51.1. The molecule has 5 fully saturated rings. The van der Waals surface area contributed by atoms with Gasteiger partial charge in [-0.1, -0.05) is 19.8 Å². The average Bonchev–Trinajstić information content (AvgIpc) is 2.69. The largest absolute Gasteiger partial charge is 0.299 e. The zero-order valence-corrected chi connectivity index (χ0v) is 17.3. The van der Waals surface area contributed by atoms with Gasteiger partial charge in [-0.25, -0.2) is 0 Å². The molecule has 3 saturated carbocycles. The maximum Gasteiger partial charge on any atom is 0.142 e. The maximum atomic E-state index is 13.5. The van der Waals surface area contributed by atoms with Crippen molar-refractivity contribution in [3.63, 3.8) is 0 Å². The molecule has 5 aliphatic rings. The van der Waals surface area contributed by atoms with E-state index in [-0.39, 0.29) is 23.7 Å². The second-order valence-corrected chi connectivity index (χ2v) is 10.5. The monoisotopic (exact) mass is 372 g/mol. The minimum Gasteiger partial charge on any atom is -0.299 e. The number of likely N-dealkylation sites (tertiary alicyclic amines) is 2. The summed E-state index contributed by atoms with van der Waals surface area (Å²) in [7, 11) is 4.49. The summed E-state index contributed by atoms with van der Waals surface area (Å²) in [6.07, 6.45) is 10.0. The lowest BCUT2D eigenvalue weighted by molar-refractivity contribution is -0.159. The first-order valence-electron chi connectivity index (χ1n) is 11.5. The maximum absolute atomic E-state index is 13.5. The number of ketones is 2. The van der Waals surface area contributed by atoms with Gasteiger partial charge in [-0.15, -0.1) is 0 Å². The van der Waals surface area contributed by atoms with Crippen LogP contribution in [0.2, 0.25) is 0 Å². The number of nitrogens with zero attached hydrogens (tertiary/aromatic N) is 2. The van der Waals surface area contributed by atoms with E-state index in [1.54, 1.807) is 0 Å². The number of rotatable bonds is 0. The summed E-state index contributed by atoms with van der Waals surface area (Å²) in [5.74, 6) is 2.57. The molecule has 0 aromatic rings. The number of piperidine rings is 2. The highest BCUT2D eigenvalue weighted by molar-refractivity contribution is 5.89. The molecular weight excluding hydrogens is 336 g/mol. The van der Waals surface area contributed by atoms with Gasteiger partial charge in [-0.2, -0.15) is 0 Å². The van der Waals surface area contributed by atoms with Gasteiger partial charge in [0.25, 0.3) is 0 Å². The summed E-state index contributed by atoms with van der Waals surface area (Å²) >= 11 is 0. The van der Waals surface area contributed by atoms with Crippen LogP contribution in [0.3, 0.4) is 0 Å². The Balaban J connectivity index is 1.43. The third-order valence-electron chi connectivity index (χ3n) is 9.28. The van der Waals surface area contributed by atoms with E-state index in [4.69, 9.17) is 0 Å². The molecule has 2 saturated heterocycles. The van der Waals surface area contributed by atoms with Crippen molar-refractivity contribution in [1.29, 1.82) is 0 Å². The van der Waals surface area contributed by atoms with E-state index in [2.05, 4.69) is 30.8 Å². The van der Waals surface area contributed by atoms with Gasteiger partial charge in [0.15, 0.2) is 0 Å².